The Morgan fingerprint density at radius 2 is 0.642 bits per heavy atom. The van der Waals surface area contributed by atoms with Gasteiger partial charge in [0.1, 0.15) is 87.3 Å². The molecule has 0 amide bonds. The fourth-order valence-electron chi connectivity index (χ4n) is 15.0. The lowest BCUT2D eigenvalue weighted by Gasteiger charge is -2.12. The first kappa shape index (κ1) is 101. The summed E-state index contributed by atoms with van der Waals surface area (Å²) < 4.78 is 241. The second-order valence-electron chi connectivity index (χ2n) is 32.6. The lowest BCUT2D eigenvalue weighted by molar-refractivity contribution is -0.138. The van der Waals surface area contributed by atoms with Gasteiger partial charge in [0.15, 0.2) is 22.9 Å². The maximum absolute atomic E-state index is 14.5. The molecular weight excluding hydrogens is 1990 g/mol. The number of anilines is 15. The highest BCUT2D eigenvalue weighted by atomic mass is 35.5. The van der Waals surface area contributed by atoms with E-state index in [0.29, 0.717) is 113 Å². The van der Waals surface area contributed by atoms with Gasteiger partial charge in [-0.05, 0) is 210 Å². The maximum atomic E-state index is 14.5. The molecule has 12 heterocycles. The number of alkyl halides is 15. The Kier molecular flexibility index (Phi) is 27.6. The van der Waals surface area contributed by atoms with E-state index in [4.69, 9.17) is 40.3 Å². The van der Waals surface area contributed by atoms with Gasteiger partial charge in [-0.25, -0.2) is 43.7 Å². The molecule has 1 saturated carbocycles. The average Bonchev–Trinajstić information content (AvgIpc) is 1.60. The molecule has 1 aliphatic rings. The van der Waals surface area contributed by atoms with Crippen LogP contribution in [0.15, 0.2) is 237 Å². The first-order chi connectivity index (χ1) is 70.2. The number of aryl methyl sites for hydroxylation is 4. The number of rotatable bonds is 17. The van der Waals surface area contributed by atoms with Crippen LogP contribution in [0.2, 0.25) is 5.02 Å². The van der Waals surface area contributed by atoms with Crippen molar-refractivity contribution in [3.05, 3.63) is 322 Å². The van der Waals surface area contributed by atoms with Gasteiger partial charge in [-0.15, -0.1) is 0 Å². The molecule has 148 heavy (non-hydrogen) atoms. The number of halogens is 19. The number of aromatic nitrogens is 22. The van der Waals surface area contributed by atoms with Crippen molar-refractivity contribution >= 4 is 160 Å². The lowest BCUT2D eigenvalue weighted by Crippen LogP contribution is -2.11. The predicted octanol–water partition coefficient (Wildman–Crippen LogP) is 23.4. The van der Waals surface area contributed by atoms with Crippen LogP contribution in [0.4, 0.5) is 166 Å². The van der Waals surface area contributed by atoms with Gasteiger partial charge in [-0.2, -0.15) is 120 Å². The van der Waals surface area contributed by atoms with E-state index in [-0.39, 0.29) is 76.1 Å². The summed E-state index contributed by atoms with van der Waals surface area (Å²) in [6.07, 6.45) is -16.4. The van der Waals surface area contributed by atoms with Crippen LogP contribution in [0.1, 0.15) is 81.3 Å². The van der Waals surface area contributed by atoms with Gasteiger partial charge in [0.25, 0.3) is 0 Å². The minimum atomic E-state index is -4.46. The largest absolute Gasteiger partial charge is 0.416 e. The highest BCUT2D eigenvalue weighted by molar-refractivity contribution is 6.31. The molecule has 0 unspecified atom stereocenters. The second kappa shape index (κ2) is 40.4. The van der Waals surface area contributed by atoms with E-state index in [1.807, 2.05) is 43.3 Å². The number of fused-ring (bicyclic) bond motifs is 5. The number of benzene rings is 8. The summed E-state index contributed by atoms with van der Waals surface area (Å²) >= 11 is 6.10. The van der Waals surface area contributed by atoms with Crippen LogP contribution < -0.4 is 55.3 Å². The third-order valence-electron chi connectivity index (χ3n) is 21.9. The molecular formula is C97H73ClF18N32. The SMILES string of the molecule is C=Cc1ccc2nc(C)n(-c3nc(N)cc(Nc4ccc(C(F)(F)F)cc4)n3)c2c1.Cc1nc2ccc(Cl)cc2n1-c1nc(N)cc(Nc2ccc(C(F)(F)F)cc2)n1.Cc1nc2ccccc2n1-c1nc(N)c(F)c(Nc2ccc(C(F)(F)F)cc2)n1.Cc1nc2ncc(F)cc2n1-c1nc(N)cc(Nc2ccc(C(F)(F)F)cc2)n1.Nc1cc(Nc2ccc(C(F)(F)F)cc2)nc(-n2c(C3CC3)nc3ncc(F)cc32)n1. The van der Waals surface area contributed by atoms with Crippen LogP contribution in [0.25, 0.3) is 91.2 Å². The minimum Gasteiger partial charge on any atom is -0.383 e. The van der Waals surface area contributed by atoms with Crippen molar-refractivity contribution in [3.63, 3.8) is 0 Å². The zero-order chi connectivity index (χ0) is 105. The number of imidazole rings is 5. The molecule has 0 aliphatic heterocycles. The summed E-state index contributed by atoms with van der Waals surface area (Å²) in [5.74, 6) is 3.30. The Hall–Kier alpha value is -18.4. The van der Waals surface area contributed by atoms with Gasteiger partial charge >= 0.3 is 30.9 Å². The van der Waals surface area contributed by atoms with E-state index in [1.54, 1.807) is 69.4 Å². The highest BCUT2D eigenvalue weighted by Crippen LogP contribution is 2.43. The number of nitrogens with two attached hydrogens (primary N) is 5. The van der Waals surface area contributed by atoms with E-state index in [0.717, 1.165) is 108 Å². The molecule has 51 heteroatoms. The zero-order valence-corrected chi connectivity index (χ0v) is 77.4. The summed E-state index contributed by atoms with van der Waals surface area (Å²) in [4.78, 5) is 73.0. The van der Waals surface area contributed by atoms with Crippen molar-refractivity contribution in [2.45, 2.75) is 77.3 Å². The van der Waals surface area contributed by atoms with Crippen molar-refractivity contribution in [3.8, 4) is 29.7 Å². The standard InChI is InChI=1S/C21H17F3N6.C20H15F4N7.C19H14ClF3N6.C19H14F4N6.C18H13F4N7/c1-3-13-4-9-16-17(10-13)30(12(2)26-16)20-28-18(25)11-19(29-20)27-15-7-5-14(6-8-15)21(22,23)24;21-12-7-14-17(26-9-12)30-18(10-1-2-10)31(14)19-28-15(25)8-16(29-19)27-13-5-3-11(4-6-13)20(22,23)24;1-10-25-14-7-4-12(20)8-15(14)29(10)18-27-16(24)9-17(28-18)26-13-5-2-11(3-6-13)19(21,22)23;1-10-25-13-4-2-3-5-14(13)29(10)18-27-16(24)15(20)17(28-18)26-12-8-6-11(7-9-12)19(21,22)23;1-9-25-16-13(6-11(19)8-24-16)29(9)17-27-14(23)7-15(28-17)26-12-4-2-10(3-5-12)18(20,21)22/h3-11H,1H2,2H3,(H3,25,27,28,29);3-10H,1-2H2,(H3,25,27,28,29);2*2-9H,1H3,(H3,24,26,27,28);2-8H,1H3,(H3,23,26,27,28). The number of nitrogens with one attached hydrogen (secondary N) is 5. The molecule has 0 radical (unpaired) electrons. The number of nitrogen functional groups attached to an aromatic ring is 5. The second-order valence-corrected chi connectivity index (χ2v) is 33.0. The fraction of sp³-hybridized carbons (Fsp3) is 0.124. The van der Waals surface area contributed by atoms with Crippen LogP contribution in [-0.2, 0) is 30.9 Å². The first-order valence-electron chi connectivity index (χ1n) is 43.6. The van der Waals surface area contributed by atoms with Crippen LogP contribution in [-0.4, -0.2) is 108 Å². The molecule has 12 aromatic heterocycles. The van der Waals surface area contributed by atoms with Gasteiger partial charge in [-0.1, -0.05) is 42.5 Å². The van der Waals surface area contributed by atoms with Gasteiger partial charge in [0, 0.05) is 75.8 Å². The molecule has 15 N–H and O–H groups in total. The van der Waals surface area contributed by atoms with E-state index in [2.05, 4.69) is 118 Å². The van der Waals surface area contributed by atoms with Gasteiger partial charge in [-0.3, -0.25) is 22.8 Å². The summed E-state index contributed by atoms with van der Waals surface area (Å²) in [5.41, 5.74) is 34.2. The lowest BCUT2D eigenvalue weighted by atomic mass is 10.2. The molecule has 20 aromatic rings. The summed E-state index contributed by atoms with van der Waals surface area (Å²) in [6.45, 7) is 10.8. The Labute approximate surface area is 827 Å². The van der Waals surface area contributed by atoms with Crippen molar-refractivity contribution in [2.75, 3.05) is 55.3 Å². The van der Waals surface area contributed by atoms with Crippen molar-refractivity contribution in [1.29, 1.82) is 0 Å². The summed E-state index contributed by atoms with van der Waals surface area (Å²) in [7, 11) is 0. The van der Waals surface area contributed by atoms with E-state index >= 15 is 0 Å². The van der Waals surface area contributed by atoms with Gasteiger partial charge in [0.05, 0.1) is 84.3 Å². The van der Waals surface area contributed by atoms with Crippen LogP contribution >= 0.6 is 11.6 Å². The number of para-hydroxylation sites is 2. The molecule has 1 aliphatic carbocycles. The topological polar surface area (TPSA) is 434 Å². The third-order valence-corrected chi connectivity index (χ3v) is 22.1. The van der Waals surface area contributed by atoms with Crippen LogP contribution in [0.5, 0.6) is 0 Å². The summed E-state index contributed by atoms with van der Waals surface area (Å²) in [5, 5.41) is 14.9. The highest BCUT2D eigenvalue weighted by Gasteiger charge is 2.37. The summed E-state index contributed by atoms with van der Waals surface area (Å²) in [6, 6.07) is 49.0. The Morgan fingerprint density at radius 3 is 1.02 bits per heavy atom. The van der Waals surface area contributed by atoms with Crippen LogP contribution in [0, 0.1) is 45.1 Å². The molecule has 8 aromatic carbocycles. The van der Waals surface area contributed by atoms with Crippen LogP contribution in [0.3, 0.4) is 0 Å². The number of hydrogen-bond donors (Lipinski definition) is 10. The first-order valence-corrected chi connectivity index (χ1v) is 43.9. The normalized spacial score (nSPS) is 12.2. The number of hydrogen-bond acceptors (Lipinski definition) is 27. The van der Waals surface area contributed by atoms with Crippen molar-refractivity contribution < 1.29 is 79.0 Å². The number of pyridine rings is 2. The molecule has 0 saturated heterocycles. The monoisotopic (exact) mass is 2060 g/mol. The van der Waals surface area contributed by atoms with E-state index in [1.165, 1.54) is 102 Å². The Morgan fingerprint density at radius 1 is 0.324 bits per heavy atom. The van der Waals surface area contributed by atoms with Crippen molar-refractivity contribution in [1.82, 2.24) is 108 Å². The average molecular weight is 2060 g/mol. The van der Waals surface area contributed by atoms with Crippen molar-refractivity contribution in [2.24, 2.45) is 0 Å². The Bertz CT molecular complexity index is 8180. The third kappa shape index (κ3) is 23.1. The minimum absolute atomic E-state index is 0.0875. The predicted molar refractivity (Wildman–Crippen MR) is 520 cm³/mol. The molecule has 21 rings (SSSR count). The van der Waals surface area contributed by atoms with Gasteiger partial charge in [0.2, 0.25) is 35.6 Å². The zero-order valence-electron chi connectivity index (χ0n) is 76.6. The quantitative estimate of drug-likeness (QED) is 0.0379. The molecule has 0 bridgehead atoms. The molecule has 0 spiro atoms. The Balaban J connectivity index is 0.000000126. The molecule has 754 valence electrons. The fourth-order valence-corrected chi connectivity index (χ4v) is 15.2. The van der Waals surface area contributed by atoms with Gasteiger partial charge < -0.3 is 55.3 Å². The molecule has 0 atom stereocenters. The smallest absolute Gasteiger partial charge is 0.383 e. The molecule has 32 nitrogen and oxygen atoms in total. The maximum Gasteiger partial charge on any atom is 0.416 e. The van der Waals surface area contributed by atoms with E-state index in [9.17, 15) is 79.0 Å². The number of nitrogens with zero attached hydrogens (tertiary/aromatic N) is 22. The molecule has 1 fully saturated rings. The van der Waals surface area contributed by atoms with E-state index < -0.39 is 82.0 Å².